The molecular formula is C14H18N2O2S2. The molecule has 0 aliphatic rings. The zero-order valence-electron chi connectivity index (χ0n) is 11.6. The maximum atomic E-state index is 10.6. The fourth-order valence-electron chi connectivity index (χ4n) is 1.82. The van der Waals surface area contributed by atoms with Gasteiger partial charge in [0.2, 0.25) is 0 Å². The first kappa shape index (κ1) is 15.0. The Balaban J connectivity index is 2.07. The minimum absolute atomic E-state index is 0.135. The molecule has 1 N–H and O–H groups in total. The Labute approximate surface area is 126 Å². The summed E-state index contributed by atoms with van der Waals surface area (Å²) in [6.45, 7) is 5.14. The molecule has 0 bridgehead atoms. The van der Waals surface area contributed by atoms with Gasteiger partial charge >= 0.3 is 5.97 Å². The molecule has 2 heterocycles. The van der Waals surface area contributed by atoms with Crippen LogP contribution in [0.15, 0.2) is 22.9 Å². The Bertz CT molecular complexity index is 549. The van der Waals surface area contributed by atoms with Crippen LogP contribution in [0.1, 0.15) is 30.8 Å². The van der Waals surface area contributed by atoms with E-state index >= 15 is 0 Å². The highest BCUT2D eigenvalue weighted by Crippen LogP contribution is 2.26. The Morgan fingerprint density at radius 2 is 2.25 bits per heavy atom. The molecule has 6 heteroatoms. The summed E-state index contributed by atoms with van der Waals surface area (Å²) in [4.78, 5) is 18.7. The summed E-state index contributed by atoms with van der Waals surface area (Å²) >= 11 is 3.33. The lowest BCUT2D eigenvalue weighted by Crippen LogP contribution is -2.29. The summed E-state index contributed by atoms with van der Waals surface area (Å²) in [7, 11) is 0. The van der Waals surface area contributed by atoms with Crippen LogP contribution < -0.4 is 4.90 Å². The number of aliphatic carboxylic acids is 1. The smallest absolute Gasteiger partial charge is 0.303 e. The van der Waals surface area contributed by atoms with Crippen molar-refractivity contribution in [1.82, 2.24) is 4.98 Å². The largest absolute Gasteiger partial charge is 0.481 e. The van der Waals surface area contributed by atoms with E-state index in [-0.39, 0.29) is 6.42 Å². The van der Waals surface area contributed by atoms with Crippen molar-refractivity contribution in [2.75, 3.05) is 4.90 Å². The zero-order chi connectivity index (χ0) is 14.5. The number of rotatable bonds is 7. The van der Waals surface area contributed by atoms with Gasteiger partial charge in [-0.3, -0.25) is 4.79 Å². The van der Waals surface area contributed by atoms with Crippen LogP contribution in [0.25, 0.3) is 0 Å². The first-order valence-electron chi connectivity index (χ1n) is 6.51. The predicted octanol–water partition coefficient (Wildman–Crippen LogP) is 3.64. The van der Waals surface area contributed by atoms with Crippen LogP contribution >= 0.6 is 22.7 Å². The van der Waals surface area contributed by atoms with E-state index in [0.717, 1.165) is 17.4 Å². The van der Waals surface area contributed by atoms with E-state index < -0.39 is 5.97 Å². The number of thiophene rings is 1. The highest BCUT2D eigenvalue weighted by atomic mass is 32.1. The van der Waals surface area contributed by atoms with Gasteiger partial charge in [-0.2, -0.15) is 0 Å². The van der Waals surface area contributed by atoms with Crippen molar-refractivity contribution < 1.29 is 9.90 Å². The van der Waals surface area contributed by atoms with E-state index in [1.165, 1.54) is 4.88 Å². The number of nitrogens with zero attached hydrogens (tertiary/aromatic N) is 2. The van der Waals surface area contributed by atoms with Gasteiger partial charge in [-0.15, -0.1) is 22.7 Å². The van der Waals surface area contributed by atoms with Crippen LogP contribution in [-0.2, 0) is 17.8 Å². The molecule has 0 unspecified atom stereocenters. The lowest BCUT2D eigenvalue weighted by molar-refractivity contribution is -0.136. The van der Waals surface area contributed by atoms with Crippen LogP contribution in [-0.4, -0.2) is 22.1 Å². The summed E-state index contributed by atoms with van der Waals surface area (Å²) in [5, 5.41) is 13.7. The van der Waals surface area contributed by atoms with Crippen LogP contribution in [0, 0.1) is 0 Å². The molecule has 0 radical (unpaired) electrons. The standard InChI is InChI=1S/C14H18N2O2S2/c1-10(2)16(8-12-4-3-7-19-12)14-15-11(9-20-14)5-6-13(17)18/h3-4,7,9-10H,5-6,8H2,1-2H3,(H,17,18). The number of carboxylic acid groups (broad SMARTS) is 1. The summed E-state index contributed by atoms with van der Waals surface area (Å²) in [5.41, 5.74) is 0.865. The second kappa shape index (κ2) is 6.85. The first-order valence-corrected chi connectivity index (χ1v) is 8.27. The van der Waals surface area contributed by atoms with E-state index in [1.807, 2.05) is 5.38 Å². The summed E-state index contributed by atoms with van der Waals surface area (Å²) in [6.07, 6.45) is 0.631. The van der Waals surface area contributed by atoms with Gasteiger partial charge in [0, 0.05) is 22.7 Å². The zero-order valence-corrected chi connectivity index (χ0v) is 13.2. The number of anilines is 1. The molecule has 2 rings (SSSR count). The molecule has 0 amide bonds. The number of thiazole rings is 1. The molecule has 0 aromatic carbocycles. The Hall–Kier alpha value is -1.40. The van der Waals surface area contributed by atoms with Gasteiger partial charge in [0.05, 0.1) is 18.7 Å². The molecule has 2 aromatic heterocycles. The van der Waals surface area contributed by atoms with Crippen molar-refractivity contribution in [3.63, 3.8) is 0 Å². The average Bonchev–Trinajstić information content (AvgIpc) is 3.04. The van der Waals surface area contributed by atoms with Crippen molar-refractivity contribution >= 4 is 33.8 Å². The summed E-state index contributed by atoms with van der Waals surface area (Å²) < 4.78 is 0. The predicted molar refractivity (Wildman–Crippen MR) is 83.7 cm³/mol. The normalized spacial score (nSPS) is 10.9. The fourth-order valence-corrected chi connectivity index (χ4v) is 3.51. The molecule has 0 aliphatic heterocycles. The van der Waals surface area contributed by atoms with Gasteiger partial charge in [0.1, 0.15) is 0 Å². The molecule has 2 aromatic rings. The molecule has 0 fully saturated rings. The van der Waals surface area contributed by atoms with E-state index in [9.17, 15) is 4.79 Å². The topological polar surface area (TPSA) is 53.4 Å². The quantitative estimate of drug-likeness (QED) is 0.848. The van der Waals surface area contributed by atoms with Gasteiger partial charge in [-0.25, -0.2) is 4.98 Å². The van der Waals surface area contributed by atoms with E-state index in [4.69, 9.17) is 5.11 Å². The molecule has 0 saturated carbocycles. The van der Waals surface area contributed by atoms with E-state index in [1.54, 1.807) is 22.7 Å². The maximum absolute atomic E-state index is 10.6. The molecule has 4 nitrogen and oxygen atoms in total. The van der Waals surface area contributed by atoms with Gasteiger partial charge in [-0.1, -0.05) is 6.07 Å². The highest BCUT2D eigenvalue weighted by molar-refractivity contribution is 7.13. The van der Waals surface area contributed by atoms with E-state index in [2.05, 4.69) is 41.2 Å². The molecule has 0 aliphatic carbocycles. The number of aryl methyl sites for hydroxylation is 1. The lowest BCUT2D eigenvalue weighted by Gasteiger charge is -2.25. The Morgan fingerprint density at radius 1 is 1.45 bits per heavy atom. The van der Waals surface area contributed by atoms with Crippen molar-refractivity contribution in [3.05, 3.63) is 33.5 Å². The third-order valence-corrected chi connectivity index (χ3v) is 4.70. The first-order chi connectivity index (χ1) is 9.56. The van der Waals surface area contributed by atoms with Crippen molar-refractivity contribution in [3.8, 4) is 0 Å². The number of hydrogen-bond acceptors (Lipinski definition) is 5. The molecule has 0 spiro atoms. The molecule has 0 saturated heterocycles. The maximum Gasteiger partial charge on any atom is 0.303 e. The Kier molecular flexibility index (Phi) is 5.14. The Morgan fingerprint density at radius 3 is 2.85 bits per heavy atom. The molecule has 0 atom stereocenters. The van der Waals surface area contributed by atoms with Gasteiger partial charge in [0.15, 0.2) is 5.13 Å². The van der Waals surface area contributed by atoms with Crippen molar-refractivity contribution in [1.29, 1.82) is 0 Å². The van der Waals surface area contributed by atoms with Crippen LogP contribution in [0.3, 0.4) is 0 Å². The monoisotopic (exact) mass is 310 g/mol. The van der Waals surface area contributed by atoms with Gasteiger partial charge < -0.3 is 10.0 Å². The van der Waals surface area contributed by atoms with Gasteiger partial charge in [-0.05, 0) is 25.3 Å². The number of carboxylic acids is 1. The van der Waals surface area contributed by atoms with Gasteiger partial charge in [0.25, 0.3) is 0 Å². The molecule has 108 valence electrons. The van der Waals surface area contributed by atoms with E-state index in [0.29, 0.717) is 12.5 Å². The van der Waals surface area contributed by atoms with Crippen LogP contribution in [0.5, 0.6) is 0 Å². The SMILES string of the molecule is CC(C)N(Cc1cccs1)c1nc(CCC(=O)O)cs1. The second-order valence-corrected chi connectivity index (χ2v) is 6.68. The van der Waals surface area contributed by atoms with Crippen molar-refractivity contribution in [2.24, 2.45) is 0 Å². The fraction of sp³-hybridized carbons (Fsp3) is 0.429. The molecule has 20 heavy (non-hydrogen) atoms. The molecular weight excluding hydrogens is 292 g/mol. The highest BCUT2D eigenvalue weighted by Gasteiger charge is 2.16. The third kappa shape index (κ3) is 4.05. The third-order valence-electron chi connectivity index (χ3n) is 2.91. The number of hydrogen-bond donors (Lipinski definition) is 1. The minimum Gasteiger partial charge on any atom is -0.481 e. The van der Waals surface area contributed by atoms with Crippen molar-refractivity contribution in [2.45, 2.75) is 39.3 Å². The second-order valence-electron chi connectivity index (χ2n) is 4.82. The van der Waals surface area contributed by atoms with Crippen LogP contribution in [0.2, 0.25) is 0 Å². The summed E-state index contributed by atoms with van der Waals surface area (Å²) in [6, 6.07) is 4.54. The summed E-state index contributed by atoms with van der Waals surface area (Å²) in [5.74, 6) is -0.779. The number of aromatic nitrogens is 1. The average molecular weight is 310 g/mol. The number of carbonyl (C=O) groups is 1. The lowest BCUT2D eigenvalue weighted by atomic mass is 10.2. The minimum atomic E-state index is -0.779. The van der Waals surface area contributed by atoms with Crippen LogP contribution in [0.4, 0.5) is 5.13 Å².